The molecule has 7 nitrogen and oxygen atoms in total. The lowest BCUT2D eigenvalue weighted by Gasteiger charge is -2.11. The van der Waals surface area contributed by atoms with E-state index in [0.717, 1.165) is 21.3 Å². The van der Waals surface area contributed by atoms with Crippen LogP contribution in [0.25, 0.3) is 6.08 Å². The minimum atomic E-state index is -0.973. The van der Waals surface area contributed by atoms with E-state index in [2.05, 4.69) is 26.2 Å². The topological polar surface area (TPSA) is 97.2 Å². The van der Waals surface area contributed by atoms with Crippen molar-refractivity contribution < 1.29 is 24.2 Å². The Morgan fingerprint density at radius 1 is 1.09 bits per heavy atom. The molecule has 1 aliphatic rings. The van der Waals surface area contributed by atoms with Crippen LogP contribution in [0.1, 0.15) is 21.5 Å². The third-order valence-corrected chi connectivity index (χ3v) is 6.23. The summed E-state index contributed by atoms with van der Waals surface area (Å²) in [5.74, 6) is -0.138. The number of amides is 1. The summed E-state index contributed by atoms with van der Waals surface area (Å²) in [4.78, 5) is 28.4. The van der Waals surface area contributed by atoms with Gasteiger partial charge < -0.3 is 19.9 Å². The number of hydrogen-bond donors (Lipinski definition) is 2. The highest BCUT2D eigenvalue weighted by atomic mass is 79.9. The number of carbonyl (C=O) groups is 2. The van der Waals surface area contributed by atoms with E-state index in [1.54, 1.807) is 37.5 Å². The van der Waals surface area contributed by atoms with E-state index in [-0.39, 0.29) is 18.1 Å². The van der Waals surface area contributed by atoms with Gasteiger partial charge >= 0.3 is 5.97 Å². The van der Waals surface area contributed by atoms with Gasteiger partial charge in [-0.3, -0.25) is 4.79 Å². The van der Waals surface area contributed by atoms with Gasteiger partial charge in [-0.1, -0.05) is 34.1 Å². The summed E-state index contributed by atoms with van der Waals surface area (Å²) in [5, 5.41) is 12.3. The van der Waals surface area contributed by atoms with Gasteiger partial charge in [0.2, 0.25) is 0 Å². The average Bonchev–Trinajstić information content (AvgIpc) is 3.18. The molecule has 4 rings (SSSR count). The first-order valence-electron chi connectivity index (χ1n) is 10.1. The van der Waals surface area contributed by atoms with Crippen molar-refractivity contribution in [3.63, 3.8) is 0 Å². The Hall–Kier alpha value is -3.56. The number of ether oxygens (including phenoxy) is 2. The number of nitrogens with zero attached hydrogens (tertiary/aromatic N) is 1. The maximum Gasteiger partial charge on any atom is 0.335 e. The lowest BCUT2D eigenvalue weighted by molar-refractivity contribution is -0.115. The number of carboxylic acid groups (broad SMARTS) is 1. The Bertz CT molecular complexity index is 1290. The molecule has 172 valence electrons. The lowest BCUT2D eigenvalue weighted by Crippen LogP contribution is -2.19. The number of aliphatic imine (C=N–C) groups is 1. The summed E-state index contributed by atoms with van der Waals surface area (Å²) in [6.07, 6.45) is 1.76. The Morgan fingerprint density at radius 2 is 1.82 bits per heavy atom. The standard InChI is InChI=1S/C25H19BrN2O5S/c1-32-21-12-16(4-11-20(21)33-14-15-2-5-17(6-3-15)24(30)31)13-22-23(29)28-25(34-22)27-19-9-7-18(26)8-10-19/h2-13H,14H2,1H3,(H,30,31)(H,27,28,29)/b22-13+. The van der Waals surface area contributed by atoms with E-state index < -0.39 is 5.97 Å². The second-order valence-electron chi connectivity index (χ2n) is 7.16. The van der Waals surface area contributed by atoms with E-state index in [9.17, 15) is 9.59 Å². The zero-order chi connectivity index (χ0) is 24.1. The van der Waals surface area contributed by atoms with Crippen molar-refractivity contribution in [2.75, 3.05) is 7.11 Å². The quantitative estimate of drug-likeness (QED) is 0.378. The molecule has 3 aromatic rings. The SMILES string of the molecule is COc1cc(/C=C2/SC(=Nc3ccc(Br)cc3)NC2=O)ccc1OCc1ccc(C(=O)O)cc1. The van der Waals surface area contributed by atoms with E-state index >= 15 is 0 Å². The van der Waals surface area contributed by atoms with Gasteiger partial charge in [-0.2, -0.15) is 0 Å². The van der Waals surface area contributed by atoms with Crippen molar-refractivity contribution in [3.05, 3.63) is 92.8 Å². The predicted molar refractivity (Wildman–Crippen MR) is 136 cm³/mol. The first-order chi connectivity index (χ1) is 16.4. The highest BCUT2D eigenvalue weighted by molar-refractivity contribution is 9.10. The molecule has 0 radical (unpaired) electrons. The summed E-state index contributed by atoms with van der Waals surface area (Å²) in [6.45, 7) is 0.255. The molecule has 3 aromatic carbocycles. The Labute approximate surface area is 208 Å². The fraction of sp³-hybridized carbons (Fsp3) is 0.0800. The third kappa shape index (κ3) is 5.86. The average molecular weight is 539 g/mol. The van der Waals surface area contributed by atoms with Crippen LogP contribution in [0.5, 0.6) is 11.5 Å². The van der Waals surface area contributed by atoms with Crippen molar-refractivity contribution in [2.24, 2.45) is 4.99 Å². The van der Waals surface area contributed by atoms with Gasteiger partial charge in [-0.05, 0) is 77.5 Å². The minimum absolute atomic E-state index is 0.218. The molecular weight excluding hydrogens is 520 g/mol. The molecule has 1 aliphatic heterocycles. The number of carboxylic acids is 1. The molecule has 1 saturated heterocycles. The zero-order valence-corrected chi connectivity index (χ0v) is 20.4. The molecule has 0 atom stereocenters. The van der Waals surface area contributed by atoms with Crippen LogP contribution in [0.4, 0.5) is 5.69 Å². The molecule has 0 saturated carbocycles. The van der Waals surface area contributed by atoms with Gasteiger partial charge in [0.05, 0.1) is 23.3 Å². The second-order valence-corrected chi connectivity index (χ2v) is 9.11. The molecule has 2 N–H and O–H groups in total. The van der Waals surface area contributed by atoms with E-state index in [4.69, 9.17) is 14.6 Å². The molecule has 0 bridgehead atoms. The zero-order valence-electron chi connectivity index (χ0n) is 17.9. The van der Waals surface area contributed by atoms with Crippen LogP contribution in [0, 0.1) is 0 Å². The Kier molecular flexibility index (Phi) is 7.34. The monoisotopic (exact) mass is 538 g/mol. The highest BCUT2D eigenvalue weighted by Crippen LogP contribution is 2.33. The fourth-order valence-corrected chi connectivity index (χ4v) is 4.17. The summed E-state index contributed by atoms with van der Waals surface area (Å²) in [5.41, 5.74) is 2.57. The summed E-state index contributed by atoms with van der Waals surface area (Å²) >= 11 is 4.65. The van der Waals surface area contributed by atoms with Crippen molar-refractivity contribution >= 4 is 56.5 Å². The van der Waals surface area contributed by atoms with Crippen LogP contribution in [0.3, 0.4) is 0 Å². The lowest BCUT2D eigenvalue weighted by atomic mass is 10.1. The number of nitrogens with one attached hydrogen (secondary N) is 1. The number of aromatic carboxylic acids is 1. The molecule has 1 amide bonds. The Morgan fingerprint density at radius 3 is 2.50 bits per heavy atom. The van der Waals surface area contributed by atoms with Crippen LogP contribution in [-0.2, 0) is 11.4 Å². The fourth-order valence-electron chi connectivity index (χ4n) is 3.06. The van der Waals surface area contributed by atoms with Crippen molar-refractivity contribution in [1.82, 2.24) is 5.32 Å². The van der Waals surface area contributed by atoms with Gasteiger partial charge in [-0.15, -0.1) is 0 Å². The maximum atomic E-state index is 12.4. The number of methoxy groups -OCH3 is 1. The summed E-state index contributed by atoms with van der Waals surface area (Å²) in [7, 11) is 1.54. The number of rotatable bonds is 7. The molecule has 0 unspecified atom stereocenters. The van der Waals surface area contributed by atoms with Crippen molar-refractivity contribution in [1.29, 1.82) is 0 Å². The first-order valence-corrected chi connectivity index (χ1v) is 11.7. The summed E-state index contributed by atoms with van der Waals surface area (Å²) < 4.78 is 12.3. The molecule has 0 aromatic heterocycles. The van der Waals surface area contributed by atoms with Crippen LogP contribution < -0.4 is 14.8 Å². The number of thioether (sulfide) groups is 1. The van der Waals surface area contributed by atoms with Crippen LogP contribution >= 0.6 is 27.7 Å². The number of carbonyl (C=O) groups excluding carboxylic acids is 1. The van der Waals surface area contributed by atoms with Gasteiger partial charge in [0.15, 0.2) is 16.7 Å². The van der Waals surface area contributed by atoms with E-state index in [0.29, 0.717) is 21.6 Å². The molecule has 0 aliphatic carbocycles. The smallest absolute Gasteiger partial charge is 0.335 e. The summed E-state index contributed by atoms with van der Waals surface area (Å²) in [6, 6.07) is 19.4. The molecule has 0 spiro atoms. The number of amidine groups is 1. The maximum absolute atomic E-state index is 12.4. The third-order valence-electron chi connectivity index (χ3n) is 4.79. The minimum Gasteiger partial charge on any atom is -0.493 e. The van der Waals surface area contributed by atoms with E-state index in [1.165, 1.54) is 23.9 Å². The van der Waals surface area contributed by atoms with Crippen LogP contribution in [0.15, 0.2) is 81.1 Å². The number of halogens is 1. The molecule has 1 heterocycles. The molecular formula is C25H19BrN2O5S. The normalized spacial score (nSPS) is 15.4. The molecule has 1 fully saturated rings. The Balaban J connectivity index is 1.46. The predicted octanol–water partition coefficient (Wildman–Crippen LogP) is 5.63. The largest absolute Gasteiger partial charge is 0.493 e. The second kappa shape index (κ2) is 10.6. The number of hydrogen-bond acceptors (Lipinski definition) is 6. The van der Waals surface area contributed by atoms with Crippen molar-refractivity contribution in [2.45, 2.75) is 6.61 Å². The van der Waals surface area contributed by atoms with E-state index in [1.807, 2.05) is 30.3 Å². The molecule has 9 heteroatoms. The van der Waals surface area contributed by atoms with Gasteiger partial charge in [0.1, 0.15) is 6.61 Å². The molecule has 34 heavy (non-hydrogen) atoms. The number of benzene rings is 3. The van der Waals surface area contributed by atoms with Crippen molar-refractivity contribution in [3.8, 4) is 11.5 Å². The van der Waals surface area contributed by atoms with Crippen LogP contribution in [0.2, 0.25) is 0 Å². The highest BCUT2D eigenvalue weighted by Gasteiger charge is 2.24. The van der Waals surface area contributed by atoms with Crippen LogP contribution in [-0.4, -0.2) is 29.3 Å². The van der Waals surface area contributed by atoms with Gasteiger partial charge in [-0.25, -0.2) is 9.79 Å². The first kappa shape index (κ1) is 23.6. The van der Waals surface area contributed by atoms with Gasteiger partial charge in [0, 0.05) is 4.47 Å². The van der Waals surface area contributed by atoms with Gasteiger partial charge in [0.25, 0.3) is 5.91 Å².